The zero-order valence-electron chi connectivity index (χ0n) is 61.2. The van der Waals surface area contributed by atoms with Crippen LogP contribution in [-0.4, -0.2) is 82.3 Å². The standard InChI is InChI=1S/C86H139NO8/c1-6-8-10-12-14-16-18-20-22-24-26-28-30-32-34-36-38-40-41-42-43-45-46-48-50-52-54-56-58-60-62-64-66-68-70-72-74-76-83(88)93-80-82(81-94-86(85(90)91)92-79-78-87(3,4)5)95-84(89)77-75-73-71-69-67-65-63-61-59-57-55-53-51-49-47-44-39-37-35-33-31-29-27-25-23-21-19-17-15-13-11-9-7-2/h8-11,14-17,20-23,26-29,32-35,38-40,44,49,51,55,57,61,63,82,86H,6-7,12-13,18-19,24-25,30-31,36-37,41-43,45-48,50,52-54,56,58-60,62,64-81H2,1-5H3/b10-8-,11-9-,16-14-,17-15-,22-20-,23-21-,28-26-,29-27-,34-32-,35-33-,40-38-,44-39-,51-49-,57-55-,63-61-. The molecule has 0 aromatic carbocycles. The minimum absolute atomic E-state index is 0.135. The van der Waals surface area contributed by atoms with Crippen molar-refractivity contribution < 1.29 is 42.9 Å². The van der Waals surface area contributed by atoms with Crippen LogP contribution < -0.4 is 5.11 Å². The highest BCUT2D eigenvalue weighted by Gasteiger charge is 2.22. The van der Waals surface area contributed by atoms with Gasteiger partial charge < -0.3 is 33.3 Å². The van der Waals surface area contributed by atoms with Crippen molar-refractivity contribution in [3.63, 3.8) is 0 Å². The summed E-state index contributed by atoms with van der Waals surface area (Å²) in [6, 6.07) is 0. The highest BCUT2D eigenvalue weighted by molar-refractivity contribution is 5.70. The van der Waals surface area contributed by atoms with E-state index in [2.05, 4.69) is 196 Å². The molecule has 2 atom stereocenters. The Kier molecular flexibility index (Phi) is 69.8. The first kappa shape index (κ1) is 89.4. The van der Waals surface area contributed by atoms with Gasteiger partial charge in [0, 0.05) is 12.8 Å². The van der Waals surface area contributed by atoms with Gasteiger partial charge >= 0.3 is 11.9 Å². The normalized spacial score (nSPS) is 13.7. The van der Waals surface area contributed by atoms with Crippen LogP contribution >= 0.6 is 0 Å². The molecule has 0 spiro atoms. The maximum atomic E-state index is 13.0. The number of nitrogens with zero attached hydrogens (tertiary/aromatic N) is 1. The van der Waals surface area contributed by atoms with E-state index < -0.39 is 24.3 Å². The van der Waals surface area contributed by atoms with Crippen LogP contribution in [0.3, 0.4) is 0 Å². The lowest BCUT2D eigenvalue weighted by atomic mass is 10.0. The van der Waals surface area contributed by atoms with Gasteiger partial charge in [0.1, 0.15) is 13.2 Å². The van der Waals surface area contributed by atoms with Gasteiger partial charge in [0.15, 0.2) is 12.4 Å². The lowest BCUT2D eigenvalue weighted by Gasteiger charge is -2.26. The van der Waals surface area contributed by atoms with Crippen LogP contribution in [0.5, 0.6) is 0 Å². The summed E-state index contributed by atoms with van der Waals surface area (Å²) >= 11 is 0. The SMILES string of the molecule is CC/C=C\C/C=C\C/C=C\C/C=C\C/C=C\C/C=C\C/C=C\C/C=C\C/C=C\CCCCCCCC(=O)OC(COC(=O)CCCCCCCCCCCCCCCCCCCC/C=C\C/C=C\C/C=C\C/C=C\C/C=C\C/C=C\CC)COC(OCC[N+](C)(C)C)C(=O)[O-]. The maximum absolute atomic E-state index is 13.0. The van der Waals surface area contributed by atoms with Crippen molar-refractivity contribution in [2.45, 2.75) is 296 Å². The van der Waals surface area contributed by atoms with Gasteiger partial charge in [-0.3, -0.25) is 9.59 Å². The van der Waals surface area contributed by atoms with Gasteiger partial charge in [-0.25, -0.2) is 0 Å². The fraction of sp³-hybridized carbons (Fsp3) is 0.616. The molecule has 0 radical (unpaired) electrons. The number of carboxylic acid groups (broad SMARTS) is 1. The molecule has 0 aromatic rings. The molecule has 0 saturated carbocycles. The number of carbonyl (C=O) groups excluding carboxylic acids is 3. The van der Waals surface area contributed by atoms with E-state index in [0.29, 0.717) is 17.4 Å². The molecule has 9 nitrogen and oxygen atoms in total. The minimum Gasteiger partial charge on any atom is -0.545 e. The number of aliphatic carboxylic acids is 1. The molecule has 0 N–H and O–H groups in total. The Morgan fingerprint density at radius 3 is 0.842 bits per heavy atom. The molecular weight excluding hydrogens is 1170 g/mol. The van der Waals surface area contributed by atoms with E-state index in [1.165, 1.54) is 103 Å². The Morgan fingerprint density at radius 2 is 0.568 bits per heavy atom. The molecular formula is C86H139NO8. The highest BCUT2D eigenvalue weighted by atomic mass is 16.7. The molecule has 2 unspecified atom stereocenters. The summed E-state index contributed by atoms with van der Waals surface area (Å²) in [6.07, 6.45) is 110. The number of esters is 2. The summed E-state index contributed by atoms with van der Waals surface area (Å²) in [6.45, 7) is 4.49. The topological polar surface area (TPSA) is 111 Å². The van der Waals surface area contributed by atoms with Gasteiger partial charge in [0.25, 0.3) is 0 Å². The minimum atomic E-state index is -1.64. The molecule has 0 aromatic heterocycles. The van der Waals surface area contributed by atoms with Crippen LogP contribution in [0.15, 0.2) is 182 Å². The van der Waals surface area contributed by atoms with Gasteiger partial charge in [0.05, 0.1) is 40.3 Å². The second kappa shape index (κ2) is 74.2. The molecule has 0 aliphatic carbocycles. The average Bonchev–Trinajstić information content (AvgIpc) is 3.75. The summed E-state index contributed by atoms with van der Waals surface area (Å²) in [5, 5.41) is 11.9. The third-order valence-corrected chi connectivity index (χ3v) is 15.6. The van der Waals surface area contributed by atoms with Gasteiger partial charge in [-0.05, 0) is 135 Å². The van der Waals surface area contributed by atoms with Crippen molar-refractivity contribution >= 4 is 17.9 Å². The first-order valence-electron chi connectivity index (χ1n) is 37.9. The number of hydrogen-bond acceptors (Lipinski definition) is 8. The number of quaternary nitrogens is 1. The Labute approximate surface area is 583 Å². The van der Waals surface area contributed by atoms with Crippen LogP contribution in [0.25, 0.3) is 0 Å². The van der Waals surface area contributed by atoms with Crippen LogP contribution in [0.4, 0.5) is 0 Å². The van der Waals surface area contributed by atoms with E-state index in [1.54, 1.807) is 0 Å². The van der Waals surface area contributed by atoms with Crippen LogP contribution in [0.2, 0.25) is 0 Å². The number of carbonyl (C=O) groups is 3. The number of carboxylic acids is 1. The molecule has 0 amide bonds. The van der Waals surface area contributed by atoms with Crippen molar-refractivity contribution in [3.05, 3.63) is 182 Å². The molecule has 0 bridgehead atoms. The second-order valence-corrected chi connectivity index (χ2v) is 25.8. The lowest BCUT2D eigenvalue weighted by molar-refractivity contribution is -0.870. The number of ether oxygens (including phenoxy) is 4. The van der Waals surface area contributed by atoms with E-state index in [0.717, 1.165) is 148 Å². The molecule has 0 saturated heterocycles. The maximum Gasteiger partial charge on any atom is 0.306 e. The van der Waals surface area contributed by atoms with Gasteiger partial charge in [-0.1, -0.05) is 318 Å². The number of unbranched alkanes of at least 4 members (excludes halogenated alkanes) is 23. The lowest BCUT2D eigenvalue weighted by Crippen LogP contribution is -2.44. The predicted molar refractivity (Wildman–Crippen MR) is 407 cm³/mol. The molecule has 0 aliphatic heterocycles. The van der Waals surface area contributed by atoms with E-state index >= 15 is 0 Å². The zero-order chi connectivity index (χ0) is 69.0. The molecule has 9 heteroatoms. The molecule has 0 fully saturated rings. The van der Waals surface area contributed by atoms with Crippen molar-refractivity contribution in [3.8, 4) is 0 Å². The van der Waals surface area contributed by atoms with Crippen LogP contribution in [0, 0.1) is 0 Å². The molecule has 536 valence electrons. The number of allylic oxidation sites excluding steroid dienone is 30. The van der Waals surface area contributed by atoms with Gasteiger partial charge in [-0.2, -0.15) is 0 Å². The van der Waals surface area contributed by atoms with Crippen molar-refractivity contribution in [2.75, 3.05) is 47.5 Å². The largest absolute Gasteiger partial charge is 0.545 e. The highest BCUT2D eigenvalue weighted by Crippen LogP contribution is 2.17. The van der Waals surface area contributed by atoms with Gasteiger partial charge in [0.2, 0.25) is 0 Å². The first-order chi connectivity index (χ1) is 46.6. The van der Waals surface area contributed by atoms with Crippen molar-refractivity contribution in [2.24, 2.45) is 0 Å². The number of rotatable bonds is 68. The zero-order valence-corrected chi connectivity index (χ0v) is 61.2. The summed E-state index contributed by atoms with van der Waals surface area (Å²) in [5.74, 6) is -2.32. The molecule has 0 rings (SSSR count). The van der Waals surface area contributed by atoms with Crippen molar-refractivity contribution in [1.29, 1.82) is 0 Å². The van der Waals surface area contributed by atoms with E-state index in [4.69, 9.17) is 18.9 Å². The Morgan fingerprint density at radius 1 is 0.316 bits per heavy atom. The monoisotopic (exact) mass is 1310 g/mol. The predicted octanol–water partition coefficient (Wildman–Crippen LogP) is 23.0. The number of likely N-dealkylation sites (N-methyl/N-ethyl adjacent to an activating group) is 1. The summed E-state index contributed by atoms with van der Waals surface area (Å²) in [7, 11) is 5.92. The van der Waals surface area contributed by atoms with E-state index in [1.807, 2.05) is 21.1 Å². The molecule has 0 aliphatic rings. The quantitative estimate of drug-likeness (QED) is 0.0195. The van der Waals surface area contributed by atoms with Crippen LogP contribution in [-0.2, 0) is 33.3 Å². The van der Waals surface area contributed by atoms with E-state index in [-0.39, 0.29) is 38.6 Å². The Balaban J connectivity index is 4.15. The summed E-state index contributed by atoms with van der Waals surface area (Å²) < 4.78 is 22.8. The Hall–Kier alpha value is -5.61. The first-order valence-corrected chi connectivity index (χ1v) is 37.9. The Bertz CT molecular complexity index is 2220. The van der Waals surface area contributed by atoms with E-state index in [9.17, 15) is 19.5 Å². The second-order valence-electron chi connectivity index (χ2n) is 25.8. The summed E-state index contributed by atoms with van der Waals surface area (Å²) in [5.41, 5.74) is 0. The molecule has 95 heavy (non-hydrogen) atoms. The average molecular weight is 1320 g/mol. The van der Waals surface area contributed by atoms with Crippen LogP contribution in [0.1, 0.15) is 284 Å². The fourth-order valence-corrected chi connectivity index (χ4v) is 9.95. The third kappa shape index (κ3) is 75.6. The van der Waals surface area contributed by atoms with Crippen molar-refractivity contribution in [1.82, 2.24) is 0 Å². The fourth-order valence-electron chi connectivity index (χ4n) is 9.95. The summed E-state index contributed by atoms with van der Waals surface area (Å²) in [4.78, 5) is 37.6. The number of hydrogen-bond donors (Lipinski definition) is 0. The third-order valence-electron chi connectivity index (χ3n) is 15.6. The van der Waals surface area contributed by atoms with Gasteiger partial charge in [-0.15, -0.1) is 0 Å². The molecule has 0 heterocycles. The smallest absolute Gasteiger partial charge is 0.306 e.